The van der Waals surface area contributed by atoms with E-state index in [1.807, 2.05) is 0 Å². The Balaban J connectivity index is 3.07. The summed E-state index contributed by atoms with van der Waals surface area (Å²) in [6.07, 6.45) is -3.80. The SMILES string of the molecule is NC(=O)C(O)(CC(F)F)c1ccccc1. The lowest BCUT2D eigenvalue weighted by Crippen LogP contribution is -2.42. The summed E-state index contributed by atoms with van der Waals surface area (Å²) in [6, 6.07) is 7.48. The van der Waals surface area contributed by atoms with Crippen LogP contribution in [0.5, 0.6) is 0 Å². The second kappa shape index (κ2) is 4.35. The molecule has 0 saturated heterocycles. The van der Waals surface area contributed by atoms with Crippen LogP contribution in [0, 0.1) is 0 Å². The van der Waals surface area contributed by atoms with Crippen LogP contribution >= 0.6 is 0 Å². The number of carbonyl (C=O) groups is 1. The molecule has 0 aromatic heterocycles. The molecular formula is C10H11F2NO2. The van der Waals surface area contributed by atoms with Gasteiger partial charge in [0, 0.05) is 0 Å². The molecule has 1 atom stereocenters. The Bertz CT molecular complexity index is 343. The number of hydrogen-bond acceptors (Lipinski definition) is 2. The largest absolute Gasteiger partial charge is 0.375 e. The number of benzene rings is 1. The molecule has 3 N–H and O–H groups in total. The van der Waals surface area contributed by atoms with Gasteiger partial charge in [0.15, 0.2) is 5.60 Å². The molecule has 0 bridgehead atoms. The summed E-state index contributed by atoms with van der Waals surface area (Å²) in [5.41, 5.74) is 2.71. The van der Waals surface area contributed by atoms with Crippen molar-refractivity contribution in [3.63, 3.8) is 0 Å². The predicted molar refractivity (Wildman–Crippen MR) is 50.2 cm³/mol. The van der Waals surface area contributed by atoms with Gasteiger partial charge in [-0.2, -0.15) is 0 Å². The van der Waals surface area contributed by atoms with E-state index in [1.54, 1.807) is 6.07 Å². The maximum absolute atomic E-state index is 12.2. The highest BCUT2D eigenvalue weighted by atomic mass is 19.3. The van der Waals surface area contributed by atoms with Crippen LogP contribution in [0.4, 0.5) is 8.78 Å². The molecule has 0 aliphatic heterocycles. The summed E-state index contributed by atoms with van der Waals surface area (Å²) < 4.78 is 24.4. The number of alkyl halides is 2. The van der Waals surface area contributed by atoms with Gasteiger partial charge in [0.1, 0.15) is 0 Å². The number of carbonyl (C=O) groups excluding carboxylic acids is 1. The van der Waals surface area contributed by atoms with E-state index in [-0.39, 0.29) is 5.56 Å². The van der Waals surface area contributed by atoms with Gasteiger partial charge in [0.05, 0.1) is 6.42 Å². The van der Waals surface area contributed by atoms with Crippen LogP contribution in [0.2, 0.25) is 0 Å². The maximum Gasteiger partial charge on any atom is 0.254 e. The van der Waals surface area contributed by atoms with E-state index in [1.165, 1.54) is 24.3 Å². The van der Waals surface area contributed by atoms with Gasteiger partial charge in [-0.15, -0.1) is 0 Å². The molecule has 5 heteroatoms. The van der Waals surface area contributed by atoms with E-state index < -0.39 is 24.4 Å². The minimum atomic E-state index is -2.80. The second-order valence-corrected chi connectivity index (χ2v) is 3.19. The summed E-state index contributed by atoms with van der Waals surface area (Å²) >= 11 is 0. The Labute approximate surface area is 85.5 Å². The zero-order chi connectivity index (χ0) is 11.5. The standard InChI is InChI=1S/C10H11F2NO2/c11-8(12)6-10(15,9(13)14)7-4-2-1-3-5-7/h1-5,8,15H,6H2,(H2,13,14). The number of aliphatic hydroxyl groups is 1. The average Bonchev–Trinajstić information content (AvgIpc) is 2.17. The van der Waals surface area contributed by atoms with Crippen LogP contribution in [-0.2, 0) is 10.4 Å². The molecule has 82 valence electrons. The molecule has 0 aliphatic carbocycles. The highest BCUT2D eigenvalue weighted by Crippen LogP contribution is 2.27. The lowest BCUT2D eigenvalue weighted by molar-refractivity contribution is -0.141. The molecule has 0 saturated carbocycles. The highest BCUT2D eigenvalue weighted by molar-refractivity contribution is 5.84. The fourth-order valence-electron chi connectivity index (χ4n) is 1.30. The first-order chi connectivity index (χ1) is 6.97. The zero-order valence-corrected chi connectivity index (χ0v) is 7.86. The van der Waals surface area contributed by atoms with Gasteiger partial charge < -0.3 is 10.8 Å². The van der Waals surface area contributed by atoms with Gasteiger partial charge in [-0.05, 0) is 5.56 Å². The first-order valence-corrected chi connectivity index (χ1v) is 4.33. The topological polar surface area (TPSA) is 63.3 Å². The van der Waals surface area contributed by atoms with Crippen LogP contribution in [0.1, 0.15) is 12.0 Å². The number of primary amides is 1. The number of hydrogen-bond donors (Lipinski definition) is 2. The quantitative estimate of drug-likeness (QED) is 0.787. The summed E-state index contributed by atoms with van der Waals surface area (Å²) in [6.45, 7) is 0. The Morgan fingerprint density at radius 2 is 1.93 bits per heavy atom. The smallest absolute Gasteiger partial charge is 0.254 e. The normalized spacial score (nSPS) is 14.9. The van der Waals surface area contributed by atoms with Crippen LogP contribution in [0.15, 0.2) is 30.3 Å². The van der Waals surface area contributed by atoms with Gasteiger partial charge in [-0.1, -0.05) is 30.3 Å². The molecular weight excluding hydrogens is 204 g/mol. The lowest BCUT2D eigenvalue weighted by atomic mass is 9.90. The number of amides is 1. The maximum atomic E-state index is 12.2. The third kappa shape index (κ3) is 2.50. The van der Waals surface area contributed by atoms with E-state index in [0.717, 1.165) is 0 Å². The van der Waals surface area contributed by atoms with Crippen LogP contribution < -0.4 is 5.73 Å². The minimum Gasteiger partial charge on any atom is -0.375 e. The number of nitrogens with two attached hydrogens (primary N) is 1. The molecule has 1 rings (SSSR count). The minimum absolute atomic E-state index is 0.0813. The van der Waals surface area contributed by atoms with Gasteiger partial charge in [0.2, 0.25) is 6.43 Å². The molecule has 1 amide bonds. The van der Waals surface area contributed by atoms with E-state index >= 15 is 0 Å². The van der Waals surface area contributed by atoms with Crippen molar-refractivity contribution in [1.82, 2.24) is 0 Å². The lowest BCUT2D eigenvalue weighted by Gasteiger charge is -2.24. The Kier molecular flexibility index (Phi) is 3.36. The van der Waals surface area contributed by atoms with Crippen molar-refractivity contribution in [2.24, 2.45) is 5.73 Å². The number of halogens is 2. The first-order valence-electron chi connectivity index (χ1n) is 4.33. The molecule has 3 nitrogen and oxygen atoms in total. The van der Waals surface area contributed by atoms with Gasteiger partial charge in [0.25, 0.3) is 5.91 Å². The molecule has 1 aromatic carbocycles. The molecule has 0 heterocycles. The third-order valence-corrected chi connectivity index (χ3v) is 2.11. The summed E-state index contributed by atoms with van der Waals surface area (Å²) in [4.78, 5) is 11.0. The monoisotopic (exact) mass is 215 g/mol. The Morgan fingerprint density at radius 1 is 1.40 bits per heavy atom. The van der Waals surface area contributed by atoms with Crippen molar-refractivity contribution in [3.05, 3.63) is 35.9 Å². The van der Waals surface area contributed by atoms with E-state index in [9.17, 15) is 18.7 Å². The summed E-state index contributed by atoms with van der Waals surface area (Å²) in [5, 5.41) is 9.78. The Morgan fingerprint density at radius 3 is 2.33 bits per heavy atom. The van der Waals surface area contributed by atoms with E-state index in [0.29, 0.717) is 0 Å². The van der Waals surface area contributed by atoms with Crippen LogP contribution in [-0.4, -0.2) is 17.4 Å². The molecule has 1 unspecified atom stereocenters. The van der Waals surface area contributed by atoms with Crippen molar-refractivity contribution < 1.29 is 18.7 Å². The molecule has 15 heavy (non-hydrogen) atoms. The van der Waals surface area contributed by atoms with E-state index in [2.05, 4.69) is 0 Å². The highest BCUT2D eigenvalue weighted by Gasteiger charge is 2.38. The fraction of sp³-hybridized carbons (Fsp3) is 0.300. The van der Waals surface area contributed by atoms with E-state index in [4.69, 9.17) is 5.73 Å². The zero-order valence-electron chi connectivity index (χ0n) is 7.86. The summed E-state index contributed by atoms with van der Waals surface area (Å²) in [7, 11) is 0. The van der Waals surface area contributed by atoms with Crippen LogP contribution in [0.3, 0.4) is 0 Å². The molecule has 0 radical (unpaired) electrons. The van der Waals surface area contributed by atoms with Crippen molar-refractivity contribution in [2.45, 2.75) is 18.4 Å². The second-order valence-electron chi connectivity index (χ2n) is 3.19. The molecule has 0 spiro atoms. The molecule has 1 aromatic rings. The van der Waals surface area contributed by atoms with Crippen molar-refractivity contribution in [3.8, 4) is 0 Å². The van der Waals surface area contributed by atoms with Crippen molar-refractivity contribution >= 4 is 5.91 Å². The van der Waals surface area contributed by atoms with Crippen molar-refractivity contribution in [1.29, 1.82) is 0 Å². The van der Waals surface area contributed by atoms with Crippen LogP contribution in [0.25, 0.3) is 0 Å². The van der Waals surface area contributed by atoms with Gasteiger partial charge in [-0.25, -0.2) is 8.78 Å². The third-order valence-electron chi connectivity index (χ3n) is 2.11. The fourth-order valence-corrected chi connectivity index (χ4v) is 1.30. The average molecular weight is 215 g/mol. The predicted octanol–water partition coefficient (Wildman–Crippen LogP) is 1.01. The first kappa shape index (κ1) is 11.6. The van der Waals surface area contributed by atoms with Crippen molar-refractivity contribution in [2.75, 3.05) is 0 Å². The summed E-state index contributed by atoms with van der Waals surface area (Å²) in [5.74, 6) is -1.17. The molecule has 0 aliphatic rings. The number of rotatable bonds is 4. The molecule has 0 fully saturated rings. The van der Waals surface area contributed by atoms with Gasteiger partial charge >= 0.3 is 0 Å². The van der Waals surface area contributed by atoms with Gasteiger partial charge in [-0.3, -0.25) is 4.79 Å². The Hall–Kier alpha value is -1.49.